The number of halogens is 3. The van der Waals surface area contributed by atoms with E-state index in [1.54, 1.807) is 0 Å². The molecule has 5 nitrogen and oxygen atoms in total. The first-order valence-corrected chi connectivity index (χ1v) is 10.2. The molecule has 2 aromatic rings. The number of amides is 1. The Labute approximate surface area is 161 Å². The summed E-state index contributed by atoms with van der Waals surface area (Å²) in [6.07, 6.45) is 0.999. The second-order valence-electron chi connectivity index (χ2n) is 5.68. The van der Waals surface area contributed by atoms with Crippen LogP contribution in [0.2, 0.25) is 10.0 Å². The van der Waals surface area contributed by atoms with Gasteiger partial charge in [-0.15, -0.1) is 0 Å². The monoisotopic (exact) mass is 418 g/mol. The molecule has 0 aliphatic carbocycles. The predicted molar refractivity (Wildman–Crippen MR) is 101 cm³/mol. The molecule has 0 saturated heterocycles. The summed E-state index contributed by atoms with van der Waals surface area (Å²) in [6.45, 7) is 1.60. The Balaban J connectivity index is 2.20. The van der Waals surface area contributed by atoms with Crippen molar-refractivity contribution in [3.8, 4) is 0 Å². The Morgan fingerprint density at radius 1 is 1.15 bits per heavy atom. The first-order valence-electron chi connectivity index (χ1n) is 7.56. The van der Waals surface area contributed by atoms with Gasteiger partial charge in [-0.2, -0.15) is 0 Å². The minimum absolute atomic E-state index is 0.141. The lowest BCUT2D eigenvalue weighted by Crippen LogP contribution is -2.47. The normalized spacial score (nSPS) is 12.5. The summed E-state index contributed by atoms with van der Waals surface area (Å²) in [5.74, 6) is -0.887. The Bertz CT molecular complexity index is 905. The molecule has 140 valence electrons. The Kier molecular flexibility index (Phi) is 6.49. The molecule has 0 unspecified atom stereocenters. The minimum atomic E-state index is -3.76. The first-order chi connectivity index (χ1) is 12.1. The van der Waals surface area contributed by atoms with Gasteiger partial charge in [-0.05, 0) is 42.8 Å². The van der Waals surface area contributed by atoms with Crippen LogP contribution < -0.4 is 9.62 Å². The van der Waals surface area contributed by atoms with Crippen LogP contribution in [0.1, 0.15) is 12.5 Å². The zero-order valence-corrected chi connectivity index (χ0v) is 16.4. The lowest BCUT2D eigenvalue weighted by Gasteiger charge is -2.28. The van der Waals surface area contributed by atoms with E-state index in [1.165, 1.54) is 49.4 Å². The number of hydrogen-bond acceptors (Lipinski definition) is 3. The van der Waals surface area contributed by atoms with E-state index < -0.39 is 22.0 Å². The molecule has 0 aliphatic rings. The summed E-state index contributed by atoms with van der Waals surface area (Å²) < 4.78 is 38.3. The lowest BCUT2D eigenvalue weighted by molar-refractivity contribution is -0.122. The van der Waals surface area contributed by atoms with Crippen molar-refractivity contribution in [2.45, 2.75) is 19.5 Å². The third-order valence-corrected chi connectivity index (χ3v) is 5.61. The van der Waals surface area contributed by atoms with E-state index in [0.29, 0.717) is 5.56 Å². The maximum Gasteiger partial charge on any atom is 0.243 e. The number of nitrogens with zero attached hydrogens (tertiary/aromatic N) is 1. The molecule has 0 bridgehead atoms. The fourth-order valence-corrected chi connectivity index (χ4v) is 3.83. The number of anilines is 1. The molecule has 0 aromatic heterocycles. The molecule has 0 heterocycles. The summed E-state index contributed by atoms with van der Waals surface area (Å²) >= 11 is 11.8. The van der Waals surface area contributed by atoms with Crippen LogP contribution in [0.4, 0.5) is 10.1 Å². The van der Waals surface area contributed by atoms with Crippen molar-refractivity contribution in [3.05, 3.63) is 63.9 Å². The molecule has 0 saturated carbocycles. The van der Waals surface area contributed by atoms with Gasteiger partial charge in [-0.3, -0.25) is 9.10 Å². The Morgan fingerprint density at radius 2 is 1.77 bits per heavy atom. The fraction of sp³-hybridized carbons (Fsp3) is 0.235. The highest BCUT2D eigenvalue weighted by atomic mass is 35.5. The highest BCUT2D eigenvalue weighted by Crippen LogP contribution is 2.29. The Morgan fingerprint density at radius 3 is 2.31 bits per heavy atom. The standard InChI is InChI=1S/C17H17Cl2FN2O3S/c1-11(17(23)21-10-12-3-5-13(20)6-4-12)22(26(2,24)25)14-7-8-15(18)16(19)9-14/h3-9,11H,10H2,1-2H3,(H,21,23)/t11-/m0/s1. The van der Waals surface area contributed by atoms with Crippen LogP contribution in [0, 0.1) is 5.82 Å². The van der Waals surface area contributed by atoms with Crippen molar-refractivity contribution in [3.63, 3.8) is 0 Å². The average Bonchev–Trinajstić information content (AvgIpc) is 2.56. The first kappa shape index (κ1) is 20.5. The topological polar surface area (TPSA) is 66.5 Å². The largest absolute Gasteiger partial charge is 0.350 e. The zero-order chi connectivity index (χ0) is 19.5. The molecule has 0 aliphatic heterocycles. The second-order valence-corrected chi connectivity index (χ2v) is 8.35. The molecule has 1 N–H and O–H groups in total. The summed E-state index contributed by atoms with van der Waals surface area (Å²) in [5.41, 5.74) is 0.915. The van der Waals surface area contributed by atoms with E-state index in [1.807, 2.05) is 0 Å². The third kappa shape index (κ3) is 5.09. The molecule has 1 amide bonds. The van der Waals surface area contributed by atoms with Gasteiger partial charge in [-0.1, -0.05) is 35.3 Å². The number of nitrogens with one attached hydrogen (secondary N) is 1. The molecule has 9 heteroatoms. The fourth-order valence-electron chi connectivity index (χ4n) is 2.37. The number of carbonyl (C=O) groups excluding carboxylic acids is 1. The van der Waals surface area contributed by atoms with Gasteiger partial charge in [0.1, 0.15) is 11.9 Å². The number of carbonyl (C=O) groups is 1. The molecular formula is C17H17Cl2FN2O3S. The summed E-state index contributed by atoms with van der Waals surface area (Å²) in [5, 5.41) is 3.09. The smallest absolute Gasteiger partial charge is 0.243 e. The molecular weight excluding hydrogens is 402 g/mol. The van der Waals surface area contributed by atoms with Gasteiger partial charge < -0.3 is 5.32 Å². The van der Waals surface area contributed by atoms with Crippen molar-refractivity contribution < 1.29 is 17.6 Å². The lowest BCUT2D eigenvalue weighted by atomic mass is 10.2. The predicted octanol–water partition coefficient (Wildman–Crippen LogP) is 3.60. The van der Waals surface area contributed by atoms with E-state index in [2.05, 4.69) is 5.32 Å². The van der Waals surface area contributed by atoms with Gasteiger partial charge in [0.15, 0.2) is 0 Å². The summed E-state index contributed by atoms with van der Waals surface area (Å²) in [7, 11) is -3.76. The molecule has 0 fully saturated rings. The molecule has 2 aromatic carbocycles. The van der Waals surface area contributed by atoms with Gasteiger partial charge in [0.25, 0.3) is 0 Å². The van der Waals surface area contributed by atoms with Gasteiger partial charge in [0, 0.05) is 6.54 Å². The van der Waals surface area contributed by atoms with Crippen LogP contribution >= 0.6 is 23.2 Å². The SMILES string of the molecule is C[C@@H](C(=O)NCc1ccc(F)cc1)N(c1ccc(Cl)c(Cl)c1)S(C)(=O)=O. The van der Waals surface area contributed by atoms with E-state index >= 15 is 0 Å². The highest BCUT2D eigenvalue weighted by molar-refractivity contribution is 7.92. The number of benzene rings is 2. The van der Waals surface area contributed by atoms with Crippen LogP contribution in [-0.4, -0.2) is 26.6 Å². The van der Waals surface area contributed by atoms with Crippen LogP contribution in [0.5, 0.6) is 0 Å². The van der Waals surface area contributed by atoms with Gasteiger partial charge in [0.2, 0.25) is 15.9 Å². The zero-order valence-electron chi connectivity index (χ0n) is 14.0. The van der Waals surface area contributed by atoms with Gasteiger partial charge >= 0.3 is 0 Å². The molecule has 2 rings (SSSR count). The van der Waals surface area contributed by atoms with E-state index in [0.717, 1.165) is 10.6 Å². The molecule has 0 radical (unpaired) electrons. The second kappa shape index (κ2) is 8.24. The molecule has 26 heavy (non-hydrogen) atoms. The number of rotatable bonds is 6. The maximum atomic E-state index is 12.9. The average molecular weight is 419 g/mol. The van der Waals surface area contributed by atoms with Crippen LogP contribution in [0.25, 0.3) is 0 Å². The van der Waals surface area contributed by atoms with Crippen LogP contribution in [-0.2, 0) is 21.4 Å². The van der Waals surface area contributed by atoms with Crippen molar-refractivity contribution in [2.75, 3.05) is 10.6 Å². The van der Waals surface area contributed by atoms with Crippen molar-refractivity contribution in [2.24, 2.45) is 0 Å². The van der Waals surface area contributed by atoms with Gasteiger partial charge in [-0.25, -0.2) is 12.8 Å². The van der Waals surface area contributed by atoms with Gasteiger partial charge in [0.05, 0.1) is 22.0 Å². The van der Waals surface area contributed by atoms with E-state index in [4.69, 9.17) is 23.2 Å². The minimum Gasteiger partial charge on any atom is -0.350 e. The highest BCUT2D eigenvalue weighted by Gasteiger charge is 2.29. The number of hydrogen-bond donors (Lipinski definition) is 1. The Hall–Kier alpha value is -1.83. The van der Waals surface area contributed by atoms with Crippen LogP contribution in [0.3, 0.4) is 0 Å². The molecule has 0 spiro atoms. The molecule has 1 atom stereocenters. The van der Waals surface area contributed by atoms with Crippen molar-refractivity contribution in [1.29, 1.82) is 0 Å². The van der Waals surface area contributed by atoms with Crippen molar-refractivity contribution >= 4 is 44.8 Å². The maximum absolute atomic E-state index is 12.9. The summed E-state index contributed by atoms with van der Waals surface area (Å²) in [6, 6.07) is 8.92. The number of sulfonamides is 1. The van der Waals surface area contributed by atoms with Crippen molar-refractivity contribution in [1.82, 2.24) is 5.32 Å². The quantitative estimate of drug-likeness (QED) is 0.778. The van der Waals surface area contributed by atoms with E-state index in [9.17, 15) is 17.6 Å². The van der Waals surface area contributed by atoms with Crippen LogP contribution in [0.15, 0.2) is 42.5 Å². The third-order valence-electron chi connectivity index (χ3n) is 3.63. The van der Waals surface area contributed by atoms with E-state index in [-0.39, 0.29) is 28.1 Å². The summed E-state index contributed by atoms with van der Waals surface area (Å²) in [4.78, 5) is 12.4.